The second-order valence-electron chi connectivity index (χ2n) is 4.30. The van der Waals surface area contributed by atoms with Gasteiger partial charge >= 0.3 is 0 Å². The van der Waals surface area contributed by atoms with Gasteiger partial charge in [-0.15, -0.1) is 0 Å². The zero-order chi connectivity index (χ0) is 10.5. The molecule has 0 bridgehead atoms. The number of nitrogens with one attached hydrogen (secondary N) is 1. The molecule has 0 amide bonds. The van der Waals surface area contributed by atoms with Gasteiger partial charge in [-0.3, -0.25) is 0 Å². The maximum absolute atomic E-state index is 3.47. The van der Waals surface area contributed by atoms with Gasteiger partial charge in [0.15, 0.2) is 0 Å². The van der Waals surface area contributed by atoms with E-state index in [0.29, 0.717) is 0 Å². The first kappa shape index (κ1) is 8.22. The lowest BCUT2D eigenvalue weighted by Crippen LogP contribution is -2.16. The standard InChI is InChI=1S/C14H12N2/c1-2-7-13-10(4-1)11-5-3-6-12-14(11)16(13)9-8-15-12/h1-7,15H,8-9H2. The minimum atomic E-state index is 1.02. The third-order valence-corrected chi connectivity index (χ3v) is 3.44. The van der Waals surface area contributed by atoms with E-state index in [1.807, 2.05) is 0 Å². The molecule has 1 N–H and O–H groups in total. The molecule has 78 valence electrons. The van der Waals surface area contributed by atoms with Crippen LogP contribution in [-0.4, -0.2) is 11.1 Å². The molecule has 1 aromatic heterocycles. The highest BCUT2D eigenvalue weighted by molar-refractivity contribution is 6.12. The molecule has 0 atom stereocenters. The Kier molecular flexibility index (Phi) is 1.43. The van der Waals surface area contributed by atoms with Crippen molar-refractivity contribution in [1.29, 1.82) is 0 Å². The van der Waals surface area contributed by atoms with Crippen LogP contribution in [0.4, 0.5) is 5.69 Å². The van der Waals surface area contributed by atoms with Crippen LogP contribution in [0, 0.1) is 0 Å². The molecule has 0 aliphatic carbocycles. The molecule has 1 aliphatic heterocycles. The lowest BCUT2D eigenvalue weighted by molar-refractivity contribution is 0.765. The number of para-hydroxylation sites is 2. The summed E-state index contributed by atoms with van der Waals surface area (Å²) >= 11 is 0. The van der Waals surface area contributed by atoms with E-state index in [4.69, 9.17) is 0 Å². The van der Waals surface area contributed by atoms with Crippen molar-refractivity contribution < 1.29 is 0 Å². The predicted octanol–water partition coefficient (Wildman–Crippen LogP) is 3.22. The maximum Gasteiger partial charge on any atom is 0.0727 e. The lowest BCUT2D eigenvalue weighted by atomic mass is 10.1. The highest BCUT2D eigenvalue weighted by Gasteiger charge is 2.15. The molecule has 0 fully saturated rings. The van der Waals surface area contributed by atoms with Crippen LogP contribution in [0.3, 0.4) is 0 Å². The van der Waals surface area contributed by atoms with Crippen LogP contribution in [0.15, 0.2) is 42.5 Å². The monoisotopic (exact) mass is 208 g/mol. The van der Waals surface area contributed by atoms with Crippen molar-refractivity contribution in [2.75, 3.05) is 11.9 Å². The van der Waals surface area contributed by atoms with E-state index in [1.54, 1.807) is 0 Å². The van der Waals surface area contributed by atoms with Gasteiger partial charge in [0, 0.05) is 29.4 Å². The fourth-order valence-corrected chi connectivity index (χ4v) is 2.79. The van der Waals surface area contributed by atoms with E-state index in [1.165, 1.54) is 27.5 Å². The Morgan fingerprint density at radius 1 is 0.938 bits per heavy atom. The smallest absolute Gasteiger partial charge is 0.0727 e. The van der Waals surface area contributed by atoms with Gasteiger partial charge in [-0.05, 0) is 12.1 Å². The van der Waals surface area contributed by atoms with Crippen molar-refractivity contribution in [1.82, 2.24) is 4.57 Å². The quantitative estimate of drug-likeness (QED) is 0.600. The average Bonchev–Trinajstić information content (AvgIpc) is 2.68. The van der Waals surface area contributed by atoms with Crippen LogP contribution in [0.5, 0.6) is 0 Å². The molecule has 3 aromatic rings. The van der Waals surface area contributed by atoms with E-state index in [-0.39, 0.29) is 0 Å². The van der Waals surface area contributed by atoms with Crippen LogP contribution < -0.4 is 5.32 Å². The number of nitrogens with zero attached hydrogens (tertiary/aromatic N) is 1. The number of fused-ring (bicyclic) bond motifs is 3. The summed E-state index contributed by atoms with van der Waals surface area (Å²) < 4.78 is 2.43. The summed E-state index contributed by atoms with van der Waals surface area (Å²) in [4.78, 5) is 0. The van der Waals surface area contributed by atoms with Gasteiger partial charge in [-0.1, -0.05) is 30.3 Å². The number of rotatable bonds is 0. The minimum absolute atomic E-state index is 1.02. The third kappa shape index (κ3) is 0.871. The summed E-state index contributed by atoms with van der Waals surface area (Å²) in [7, 11) is 0. The van der Waals surface area contributed by atoms with Crippen LogP contribution in [-0.2, 0) is 6.54 Å². The highest BCUT2D eigenvalue weighted by atomic mass is 15.1. The van der Waals surface area contributed by atoms with Gasteiger partial charge in [-0.25, -0.2) is 0 Å². The molecule has 2 aromatic carbocycles. The molecule has 16 heavy (non-hydrogen) atoms. The number of aromatic nitrogens is 1. The van der Waals surface area contributed by atoms with Crippen molar-refractivity contribution >= 4 is 27.5 Å². The van der Waals surface area contributed by atoms with E-state index in [0.717, 1.165) is 13.1 Å². The number of benzene rings is 2. The van der Waals surface area contributed by atoms with E-state index < -0.39 is 0 Å². The first-order valence-electron chi connectivity index (χ1n) is 5.69. The Morgan fingerprint density at radius 2 is 1.81 bits per heavy atom. The zero-order valence-corrected chi connectivity index (χ0v) is 8.90. The largest absolute Gasteiger partial charge is 0.382 e. The second kappa shape index (κ2) is 2.79. The van der Waals surface area contributed by atoms with Gasteiger partial charge in [0.2, 0.25) is 0 Å². The van der Waals surface area contributed by atoms with Crippen molar-refractivity contribution in [2.24, 2.45) is 0 Å². The minimum Gasteiger partial charge on any atom is -0.382 e. The Balaban J connectivity index is 2.36. The topological polar surface area (TPSA) is 17.0 Å². The van der Waals surface area contributed by atoms with Crippen LogP contribution in [0.1, 0.15) is 0 Å². The summed E-state index contributed by atoms with van der Waals surface area (Å²) in [6.45, 7) is 2.08. The molecule has 0 unspecified atom stereocenters. The molecule has 1 aliphatic rings. The average molecular weight is 208 g/mol. The van der Waals surface area contributed by atoms with Crippen LogP contribution in [0.25, 0.3) is 21.8 Å². The first-order valence-corrected chi connectivity index (χ1v) is 5.69. The van der Waals surface area contributed by atoms with Crippen LogP contribution in [0.2, 0.25) is 0 Å². The van der Waals surface area contributed by atoms with Gasteiger partial charge < -0.3 is 9.88 Å². The molecule has 4 rings (SSSR count). The zero-order valence-electron chi connectivity index (χ0n) is 8.90. The number of anilines is 1. The highest BCUT2D eigenvalue weighted by Crippen LogP contribution is 2.34. The summed E-state index contributed by atoms with van der Waals surface area (Å²) in [5, 5.41) is 6.19. The van der Waals surface area contributed by atoms with Crippen LogP contribution >= 0.6 is 0 Å². The molecule has 2 heteroatoms. The van der Waals surface area contributed by atoms with Gasteiger partial charge in [0.1, 0.15) is 0 Å². The maximum atomic E-state index is 3.47. The van der Waals surface area contributed by atoms with Gasteiger partial charge in [0.05, 0.1) is 11.2 Å². The number of hydrogen-bond donors (Lipinski definition) is 1. The molecule has 2 heterocycles. The first-order chi connectivity index (χ1) is 7.95. The van der Waals surface area contributed by atoms with E-state index in [9.17, 15) is 0 Å². The Labute approximate surface area is 93.5 Å². The molecule has 0 saturated heterocycles. The van der Waals surface area contributed by atoms with Gasteiger partial charge in [-0.2, -0.15) is 0 Å². The molecule has 0 spiro atoms. The fraction of sp³-hybridized carbons (Fsp3) is 0.143. The van der Waals surface area contributed by atoms with Crippen molar-refractivity contribution in [3.05, 3.63) is 42.5 Å². The van der Waals surface area contributed by atoms with Crippen molar-refractivity contribution in [3.63, 3.8) is 0 Å². The molecule has 0 radical (unpaired) electrons. The normalized spacial score (nSPS) is 14.2. The van der Waals surface area contributed by atoms with Crippen molar-refractivity contribution in [2.45, 2.75) is 6.54 Å². The third-order valence-electron chi connectivity index (χ3n) is 3.44. The Bertz CT molecular complexity index is 694. The number of hydrogen-bond acceptors (Lipinski definition) is 1. The predicted molar refractivity (Wildman–Crippen MR) is 67.9 cm³/mol. The SMILES string of the molecule is c1ccc2c(c1)c1cccc3c1n2CCN3. The van der Waals surface area contributed by atoms with E-state index in [2.05, 4.69) is 52.3 Å². The second-order valence-corrected chi connectivity index (χ2v) is 4.30. The van der Waals surface area contributed by atoms with E-state index >= 15 is 0 Å². The molecule has 2 nitrogen and oxygen atoms in total. The Hall–Kier alpha value is -1.96. The summed E-state index contributed by atoms with van der Waals surface area (Å²) in [5.41, 5.74) is 3.97. The molecular weight excluding hydrogens is 196 g/mol. The molecule has 0 saturated carbocycles. The Morgan fingerprint density at radius 3 is 2.81 bits per heavy atom. The van der Waals surface area contributed by atoms with Crippen molar-refractivity contribution in [3.8, 4) is 0 Å². The lowest BCUT2D eigenvalue weighted by Gasteiger charge is -2.18. The summed E-state index contributed by atoms with van der Waals surface area (Å²) in [5.74, 6) is 0. The molecular formula is C14H12N2. The van der Waals surface area contributed by atoms with Gasteiger partial charge in [0.25, 0.3) is 0 Å². The summed E-state index contributed by atoms with van der Waals surface area (Å²) in [6.07, 6.45) is 0. The summed E-state index contributed by atoms with van der Waals surface area (Å²) in [6, 6.07) is 15.2. The fourth-order valence-electron chi connectivity index (χ4n) is 2.79.